The van der Waals surface area contributed by atoms with Crippen molar-refractivity contribution in [1.82, 2.24) is 29.5 Å². The summed E-state index contributed by atoms with van der Waals surface area (Å²) < 4.78 is 41.8. The highest BCUT2D eigenvalue weighted by Gasteiger charge is 2.34. The minimum atomic E-state index is -3.95. The van der Waals surface area contributed by atoms with Gasteiger partial charge in [0.05, 0.1) is 31.3 Å². The number of benzene rings is 2. The van der Waals surface area contributed by atoms with Crippen molar-refractivity contribution in [2.75, 3.05) is 25.6 Å². The van der Waals surface area contributed by atoms with Crippen LogP contribution < -0.4 is 10.1 Å². The Morgan fingerprint density at radius 1 is 1.14 bits per heavy atom. The molecule has 1 fully saturated rings. The molecule has 35 heavy (non-hydrogen) atoms. The third-order valence-corrected chi connectivity index (χ3v) is 7.65. The fraction of sp³-hybridized carbons (Fsp3) is 0.304. The van der Waals surface area contributed by atoms with Gasteiger partial charge < -0.3 is 14.8 Å². The second-order valence-electron chi connectivity index (χ2n) is 8.27. The van der Waals surface area contributed by atoms with E-state index in [9.17, 15) is 8.42 Å². The van der Waals surface area contributed by atoms with Crippen LogP contribution in [0.5, 0.6) is 5.75 Å². The van der Waals surface area contributed by atoms with Crippen molar-refractivity contribution >= 4 is 26.7 Å². The number of para-hydroxylation sites is 2. The van der Waals surface area contributed by atoms with Crippen LogP contribution in [-0.4, -0.2) is 70.3 Å². The molecule has 0 unspecified atom stereocenters. The molecule has 1 N–H and O–H groups in total. The maximum Gasteiger partial charge on any atom is 0.246 e. The summed E-state index contributed by atoms with van der Waals surface area (Å²) in [6, 6.07) is 18.2. The van der Waals surface area contributed by atoms with Crippen LogP contribution in [0.1, 0.15) is 5.82 Å². The zero-order valence-corrected chi connectivity index (χ0v) is 20.1. The number of anilines is 1. The van der Waals surface area contributed by atoms with Crippen molar-refractivity contribution in [3.8, 4) is 5.75 Å². The highest BCUT2D eigenvalue weighted by atomic mass is 32.2. The SMILES string of the molecule is CN(Cc1nnnn1C)S(=O)(=O)c1cc2ccccc2nc1N[C@@H]1COC[C@@H]1Oc1ccccc1. The van der Waals surface area contributed by atoms with Crippen molar-refractivity contribution in [2.24, 2.45) is 7.05 Å². The van der Waals surface area contributed by atoms with Crippen LogP contribution >= 0.6 is 0 Å². The number of sulfonamides is 1. The van der Waals surface area contributed by atoms with Gasteiger partial charge in [-0.3, -0.25) is 0 Å². The second kappa shape index (κ2) is 9.56. The summed E-state index contributed by atoms with van der Waals surface area (Å²) in [7, 11) is -0.805. The molecule has 2 aromatic carbocycles. The molecule has 12 heteroatoms. The second-order valence-corrected chi connectivity index (χ2v) is 10.3. The van der Waals surface area contributed by atoms with Gasteiger partial charge in [0.25, 0.3) is 0 Å². The van der Waals surface area contributed by atoms with Crippen LogP contribution in [0.4, 0.5) is 5.82 Å². The number of nitrogens with zero attached hydrogens (tertiary/aromatic N) is 6. The molecular weight excluding hydrogens is 470 g/mol. The molecule has 1 aliphatic rings. The number of tetrazole rings is 1. The Morgan fingerprint density at radius 3 is 2.69 bits per heavy atom. The molecule has 1 saturated heterocycles. The van der Waals surface area contributed by atoms with E-state index in [2.05, 4.69) is 25.8 Å². The fourth-order valence-electron chi connectivity index (χ4n) is 3.87. The van der Waals surface area contributed by atoms with Gasteiger partial charge in [0.1, 0.15) is 22.6 Å². The molecule has 0 radical (unpaired) electrons. The first kappa shape index (κ1) is 23.1. The largest absolute Gasteiger partial charge is 0.486 e. The Hall–Kier alpha value is -3.61. The van der Waals surface area contributed by atoms with Gasteiger partial charge in [-0.05, 0) is 34.7 Å². The van der Waals surface area contributed by atoms with Crippen molar-refractivity contribution in [3.05, 3.63) is 66.5 Å². The topological polar surface area (TPSA) is 124 Å². The smallest absolute Gasteiger partial charge is 0.246 e. The Bertz CT molecular complexity index is 1430. The molecule has 182 valence electrons. The first-order valence-electron chi connectivity index (χ1n) is 11.0. The minimum absolute atomic E-state index is 0.00435. The lowest BCUT2D eigenvalue weighted by molar-refractivity contribution is 0.141. The van der Waals surface area contributed by atoms with Crippen molar-refractivity contribution < 1.29 is 17.9 Å². The maximum atomic E-state index is 13.7. The van der Waals surface area contributed by atoms with Gasteiger partial charge in [-0.25, -0.2) is 18.1 Å². The lowest BCUT2D eigenvalue weighted by Crippen LogP contribution is -2.37. The highest BCUT2D eigenvalue weighted by molar-refractivity contribution is 7.89. The molecule has 0 bridgehead atoms. The van der Waals surface area contributed by atoms with Crippen molar-refractivity contribution in [3.63, 3.8) is 0 Å². The molecular formula is C23H25N7O4S. The molecule has 1 aliphatic heterocycles. The van der Waals surface area contributed by atoms with Crippen LogP contribution in [0.15, 0.2) is 65.6 Å². The summed E-state index contributed by atoms with van der Waals surface area (Å²) in [6.45, 7) is 0.734. The van der Waals surface area contributed by atoms with E-state index >= 15 is 0 Å². The van der Waals surface area contributed by atoms with Gasteiger partial charge in [-0.1, -0.05) is 36.4 Å². The maximum absolute atomic E-state index is 13.7. The number of hydrogen-bond acceptors (Lipinski definition) is 9. The Balaban J connectivity index is 1.48. The van der Waals surface area contributed by atoms with E-state index in [1.54, 1.807) is 13.1 Å². The molecule has 2 atom stereocenters. The van der Waals surface area contributed by atoms with Gasteiger partial charge in [-0.2, -0.15) is 4.31 Å². The van der Waals surface area contributed by atoms with Crippen molar-refractivity contribution in [2.45, 2.75) is 23.6 Å². The molecule has 11 nitrogen and oxygen atoms in total. The number of aromatic nitrogens is 5. The van der Waals surface area contributed by atoms with E-state index in [4.69, 9.17) is 9.47 Å². The average molecular weight is 496 g/mol. The van der Waals surface area contributed by atoms with Gasteiger partial charge in [-0.15, -0.1) is 5.10 Å². The minimum Gasteiger partial charge on any atom is -0.486 e. The normalized spacial score (nSPS) is 18.3. The standard InChI is InChI=1S/C23H25N7O4S/c1-29(13-22-26-27-28-30(22)2)35(31,32)21-12-16-8-6-7-11-18(16)24-23(21)25-19-14-33-15-20(19)34-17-9-4-3-5-10-17/h3-12,19-20H,13-15H2,1-2H3,(H,24,25)/t19-,20+/m1/s1. The monoisotopic (exact) mass is 495 g/mol. The number of rotatable bonds is 8. The Kier molecular flexibility index (Phi) is 6.32. The average Bonchev–Trinajstić information content (AvgIpc) is 3.47. The van der Waals surface area contributed by atoms with Crippen molar-refractivity contribution in [1.29, 1.82) is 0 Å². The number of aryl methyl sites for hydroxylation is 1. The lowest BCUT2D eigenvalue weighted by atomic mass is 10.2. The quantitative estimate of drug-likeness (QED) is 0.390. The number of ether oxygens (including phenoxy) is 2. The molecule has 0 spiro atoms. The summed E-state index contributed by atoms with van der Waals surface area (Å²) in [4.78, 5) is 4.72. The van der Waals surface area contributed by atoms with Crippen LogP contribution in [0.25, 0.3) is 10.9 Å². The van der Waals surface area contributed by atoms with E-state index in [-0.39, 0.29) is 29.4 Å². The van der Waals surface area contributed by atoms with Gasteiger partial charge in [0, 0.05) is 19.5 Å². The predicted molar refractivity (Wildman–Crippen MR) is 128 cm³/mol. The van der Waals surface area contributed by atoms with Crippen LogP contribution in [0.2, 0.25) is 0 Å². The van der Waals surface area contributed by atoms with E-state index in [1.165, 1.54) is 16.0 Å². The summed E-state index contributed by atoms with van der Waals surface area (Å²) in [6.07, 6.45) is -0.316. The van der Waals surface area contributed by atoms with Gasteiger partial charge >= 0.3 is 0 Å². The van der Waals surface area contributed by atoms with Gasteiger partial charge in [0.2, 0.25) is 10.0 Å². The third kappa shape index (κ3) is 4.81. The van der Waals surface area contributed by atoms with Crippen LogP contribution in [-0.2, 0) is 28.4 Å². The molecule has 0 amide bonds. The Labute approximate surface area is 202 Å². The number of hydrogen-bond donors (Lipinski definition) is 1. The number of fused-ring (bicyclic) bond motifs is 1. The highest BCUT2D eigenvalue weighted by Crippen LogP contribution is 2.29. The lowest BCUT2D eigenvalue weighted by Gasteiger charge is -2.24. The first-order valence-corrected chi connectivity index (χ1v) is 12.5. The predicted octanol–water partition coefficient (Wildman–Crippen LogP) is 1.84. The molecule has 0 saturated carbocycles. The van der Waals surface area contributed by atoms with E-state index in [0.29, 0.717) is 35.7 Å². The Morgan fingerprint density at radius 2 is 1.91 bits per heavy atom. The summed E-state index contributed by atoms with van der Waals surface area (Å²) in [5.74, 6) is 1.37. The first-order chi connectivity index (χ1) is 16.9. The molecule has 0 aliphatic carbocycles. The fourth-order valence-corrected chi connectivity index (χ4v) is 5.11. The number of pyridine rings is 1. The van der Waals surface area contributed by atoms with E-state index in [1.807, 2.05) is 54.6 Å². The van der Waals surface area contributed by atoms with Crippen LogP contribution in [0.3, 0.4) is 0 Å². The molecule has 5 rings (SSSR count). The van der Waals surface area contributed by atoms with Gasteiger partial charge in [0.15, 0.2) is 5.82 Å². The molecule has 4 aromatic rings. The van der Waals surface area contributed by atoms with E-state index < -0.39 is 10.0 Å². The van der Waals surface area contributed by atoms with Crippen LogP contribution in [0, 0.1) is 0 Å². The van der Waals surface area contributed by atoms with E-state index in [0.717, 1.165) is 0 Å². The summed E-state index contributed by atoms with van der Waals surface area (Å²) in [5.41, 5.74) is 0.675. The molecule has 2 aromatic heterocycles. The zero-order chi connectivity index (χ0) is 24.4. The summed E-state index contributed by atoms with van der Waals surface area (Å²) in [5, 5.41) is 15.3. The molecule has 3 heterocycles. The zero-order valence-electron chi connectivity index (χ0n) is 19.3. The third-order valence-electron chi connectivity index (χ3n) is 5.83. The number of nitrogens with one attached hydrogen (secondary N) is 1. The summed E-state index contributed by atoms with van der Waals surface area (Å²) >= 11 is 0.